The van der Waals surface area contributed by atoms with Gasteiger partial charge in [0.05, 0.1) is 6.10 Å². The van der Waals surface area contributed by atoms with Crippen molar-refractivity contribution < 1.29 is 9.90 Å². The van der Waals surface area contributed by atoms with Crippen LogP contribution in [-0.2, 0) is 0 Å². The van der Waals surface area contributed by atoms with Crippen LogP contribution in [0.4, 0.5) is 0 Å². The fourth-order valence-corrected chi connectivity index (χ4v) is 3.01. The maximum Gasteiger partial charge on any atom is 0.165 e. The summed E-state index contributed by atoms with van der Waals surface area (Å²) < 4.78 is 0. The van der Waals surface area contributed by atoms with Gasteiger partial charge in [0.2, 0.25) is 0 Å². The second kappa shape index (κ2) is 9.16. The van der Waals surface area contributed by atoms with Gasteiger partial charge in [-0.05, 0) is 23.8 Å². The number of carbonyl (C=O) groups excluding carboxylic acids is 1. The highest BCUT2D eigenvalue weighted by atomic mass is 32.2. The monoisotopic (exact) mass is 280 g/mol. The van der Waals surface area contributed by atoms with Gasteiger partial charge in [-0.15, -0.1) is 0 Å². The van der Waals surface area contributed by atoms with Crippen LogP contribution in [0.2, 0.25) is 0 Å². The van der Waals surface area contributed by atoms with Gasteiger partial charge in [0.1, 0.15) is 0 Å². The summed E-state index contributed by atoms with van der Waals surface area (Å²) in [5.41, 5.74) is 0.687. The molecule has 0 aromatic heterocycles. The highest BCUT2D eigenvalue weighted by Gasteiger charge is 2.18. The molecule has 106 valence electrons. The number of Topliss-reactive ketones (excluding diaryl/α,β-unsaturated/α-hetero) is 1. The molecule has 1 N–H and O–H groups in total. The maximum atomic E-state index is 12.0. The predicted octanol–water partition coefficient (Wildman–Crippen LogP) is 3.79. The van der Waals surface area contributed by atoms with E-state index in [1.807, 2.05) is 36.9 Å². The first-order valence-corrected chi connectivity index (χ1v) is 8.14. The zero-order valence-electron chi connectivity index (χ0n) is 11.8. The van der Waals surface area contributed by atoms with Crippen LogP contribution in [0.3, 0.4) is 0 Å². The number of carbonyl (C=O) groups is 1. The van der Waals surface area contributed by atoms with Crippen LogP contribution in [0.15, 0.2) is 30.3 Å². The largest absolute Gasteiger partial charge is 0.392 e. The van der Waals surface area contributed by atoms with Crippen molar-refractivity contribution in [3.8, 4) is 0 Å². The maximum absolute atomic E-state index is 12.0. The Bertz CT molecular complexity index is 364. The summed E-state index contributed by atoms with van der Waals surface area (Å²) in [7, 11) is 0. The molecule has 1 aromatic carbocycles. The van der Waals surface area contributed by atoms with Gasteiger partial charge in [0.15, 0.2) is 5.78 Å². The standard InChI is InChI=1S/C16H24O2S/c1-3-4-10-19-12-13(2)15(17)11-16(18)14-8-6-5-7-9-14/h5-9,13,15,17H,3-4,10-12H2,1-2H3/t13-,15-/m1/s1. The molecule has 0 unspecified atom stereocenters. The first-order valence-electron chi connectivity index (χ1n) is 6.99. The zero-order chi connectivity index (χ0) is 14.1. The molecule has 0 radical (unpaired) electrons. The minimum atomic E-state index is -0.540. The van der Waals surface area contributed by atoms with Gasteiger partial charge >= 0.3 is 0 Å². The van der Waals surface area contributed by atoms with Gasteiger partial charge in [0, 0.05) is 12.0 Å². The molecule has 0 heterocycles. The Morgan fingerprint density at radius 1 is 1.32 bits per heavy atom. The van der Waals surface area contributed by atoms with Crippen molar-refractivity contribution in [1.29, 1.82) is 0 Å². The van der Waals surface area contributed by atoms with Gasteiger partial charge < -0.3 is 5.11 Å². The van der Waals surface area contributed by atoms with Crippen LogP contribution < -0.4 is 0 Å². The van der Waals surface area contributed by atoms with Crippen molar-refractivity contribution in [3.63, 3.8) is 0 Å². The van der Waals surface area contributed by atoms with E-state index >= 15 is 0 Å². The quantitative estimate of drug-likeness (QED) is 0.552. The summed E-state index contributed by atoms with van der Waals surface area (Å²) >= 11 is 1.87. The Morgan fingerprint density at radius 3 is 2.63 bits per heavy atom. The van der Waals surface area contributed by atoms with E-state index in [1.54, 1.807) is 12.1 Å². The second-order valence-corrected chi connectivity index (χ2v) is 6.12. The Morgan fingerprint density at radius 2 is 2.00 bits per heavy atom. The summed E-state index contributed by atoms with van der Waals surface area (Å²) in [5, 5.41) is 10.1. The highest BCUT2D eigenvalue weighted by molar-refractivity contribution is 7.99. The highest BCUT2D eigenvalue weighted by Crippen LogP contribution is 2.17. The minimum Gasteiger partial charge on any atom is -0.392 e. The molecule has 0 amide bonds. The van der Waals surface area contributed by atoms with Crippen molar-refractivity contribution in [3.05, 3.63) is 35.9 Å². The van der Waals surface area contributed by atoms with E-state index in [-0.39, 0.29) is 18.1 Å². The van der Waals surface area contributed by atoms with E-state index in [9.17, 15) is 9.90 Å². The molecule has 0 aliphatic rings. The number of ketones is 1. The number of rotatable bonds is 9. The van der Waals surface area contributed by atoms with Gasteiger partial charge in [-0.3, -0.25) is 4.79 Å². The molecule has 2 nitrogen and oxygen atoms in total. The van der Waals surface area contributed by atoms with Crippen molar-refractivity contribution in [1.82, 2.24) is 0 Å². The van der Waals surface area contributed by atoms with Crippen LogP contribution in [0.1, 0.15) is 43.5 Å². The number of hydrogen-bond acceptors (Lipinski definition) is 3. The molecule has 0 aliphatic heterocycles. The first-order chi connectivity index (χ1) is 9.15. The lowest BCUT2D eigenvalue weighted by molar-refractivity contribution is 0.0796. The molecule has 0 fully saturated rings. The third-order valence-corrected chi connectivity index (χ3v) is 4.51. The fourth-order valence-electron chi connectivity index (χ4n) is 1.76. The Kier molecular flexibility index (Phi) is 7.84. The average molecular weight is 280 g/mol. The SMILES string of the molecule is CCCCSC[C@@H](C)[C@H](O)CC(=O)c1ccccc1. The Balaban J connectivity index is 2.33. The molecule has 1 rings (SSSR count). The van der Waals surface area contributed by atoms with E-state index in [1.165, 1.54) is 12.8 Å². The summed E-state index contributed by atoms with van der Waals surface area (Å²) in [4.78, 5) is 12.0. The molecule has 0 aliphatic carbocycles. The average Bonchev–Trinajstić information content (AvgIpc) is 2.44. The van der Waals surface area contributed by atoms with Crippen LogP contribution in [0, 0.1) is 5.92 Å². The van der Waals surface area contributed by atoms with E-state index in [0.29, 0.717) is 5.56 Å². The van der Waals surface area contributed by atoms with Crippen LogP contribution in [-0.4, -0.2) is 28.5 Å². The van der Waals surface area contributed by atoms with E-state index in [0.717, 1.165) is 11.5 Å². The lowest BCUT2D eigenvalue weighted by Gasteiger charge is -2.17. The molecule has 2 atom stereocenters. The third-order valence-electron chi connectivity index (χ3n) is 3.17. The molecule has 0 saturated heterocycles. The molecule has 1 aromatic rings. The van der Waals surface area contributed by atoms with Crippen molar-refractivity contribution >= 4 is 17.5 Å². The van der Waals surface area contributed by atoms with Crippen molar-refractivity contribution in [2.75, 3.05) is 11.5 Å². The van der Waals surface area contributed by atoms with E-state index in [4.69, 9.17) is 0 Å². The summed E-state index contributed by atoms with van der Waals surface area (Å²) in [6, 6.07) is 9.19. The third kappa shape index (κ3) is 6.26. The molecular formula is C16H24O2S. The van der Waals surface area contributed by atoms with Gasteiger partial charge in [-0.2, -0.15) is 11.8 Å². The number of aliphatic hydroxyl groups is 1. The van der Waals surface area contributed by atoms with E-state index in [2.05, 4.69) is 6.92 Å². The number of unbranched alkanes of at least 4 members (excludes halogenated alkanes) is 1. The second-order valence-electron chi connectivity index (χ2n) is 4.97. The van der Waals surface area contributed by atoms with Crippen molar-refractivity contribution in [2.45, 2.75) is 39.2 Å². The molecular weight excluding hydrogens is 256 g/mol. The zero-order valence-corrected chi connectivity index (χ0v) is 12.7. The van der Waals surface area contributed by atoms with Crippen LogP contribution in [0.5, 0.6) is 0 Å². The predicted molar refractivity (Wildman–Crippen MR) is 82.8 cm³/mol. The van der Waals surface area contributed by atoms with Crippen LogP contribution >= 0.6 is 11.8 Å². The Labute approximate surface area is 120 Å². The lowest BCUT2D eigenvalue weighted by atomic mass is 9.98. The summed E-state index contributed by atoms with van der Waals surface area (Å²) in [6.45, 7) is 4.19. The minimum absolute atomic E-state index is 0.0264. The van der Waals surface area contributed by atoms with E-state index < -0.39 is 6.10 Å². The van der Waals surface area contributed by atoms with Gasteiger partial charge in [0.25, 0.3) is 0 Å². The molecule has 0 spiro atoms. The van der Waals surface area contributed by atoms with Gasteiger partial charge in [-0.1, -0.05) is 50.6 Å². The molecule has 19 heavy (non-hydrogen) atoms. The number of aliphatic hydroxyl groups excluding tert-OH is 1. The molecule has 0 saturated carbocycles. The number of thioether (sulfide) groups is 1. The summed E-state index contributed by atoms with van der Waals surface area (Å²) in [6.07, 6.45) is 2.11. The normalized spacial score (nSPS) is 14.1. The topological polar surface area (TPSA) is 37.3 Å². The van der Waals surface area contributed by atoms with Gasteiger partial charge in [-0.25, -0.2) is 0 Å². The lowest BCUT2D eigenvalue weighted by Crippen LogP contribution is -2.23. The fraction of sp³-hybridized carbons (Fsp3) is 0.562. The summed E-state index contributed by atoms with van der Waals surface area (Å²) in [5.74, 6) is 2.25. The van der Waals surface area contributed by atoms with Crippen LogP contribution in [0.25, 0.3) is 0 Å². The molecule has 0 bridgehead atoms. The Hall–Kier alpha value is -0.800. The number of hydrogen-bond donors (Lipinski definition) is 1. The molecule has 3 heteroatoms. The number of benzene rings is 1. The van der Waals surface area contributed by atoms with Crippen molar-refractivity contribution in [2.24, 2.45) is 5.92 Å². The smallest absolute Gasteiger partial charge is 0.165 e. The first kappa shape index (κ1) is 16.3.